The van der Waals surface area contributed by atoms with Crippen molar-refractivity contribution in [2.45, 2.75) is 18.7 Å². The molecule has 1 heterocycles. The molecule has 132 valence electrons. The van der Waals surface area contributed by atoms with Crippen molar-refractivity contribution in [3.8, 4) is 0 Å². The first kappa shape index (κ1) is 21.5. The fourth-order valence-electron chi connectivity index (χ4n) is 2.16. The standard InChI is InChI=1S/C13H15N3O7S.Na.H/c1-22-14-7-11-12(13(18)16(11)24(19,20)21)15(9-17)23-8-10-5-3-2-4-6-10;;/h2-7,9,11-12H,8H2,1H3,(H,19,20,21);;/q;+1;-1/t11-,12+;;/m1../s1. The second-order valence-corrected chi connectivity index (χ2v) is 6.00. The van der Waals surface area contributed by atoms with Gasteiger partial charge in [0.15, 0.2) is 6.04 Å². The summed E-state index contributed by atoms with van der Waals surface area (Å²) >= 11 is 0. The van der Waals surface area contributed by atoms with E-state index in [-0.39, 0.29) is 48.3 Å². The molecule has 1 N–H and O–H groups in total. The number of amides is 2. The van der Waals surface area contributed by atoms with Crippen LogP contribution >= 0.6 is 0 Å². The number of hydrogen-bond donors (Lipinski definition) is 1. The fraction of sp³-hybridized carbons (Fsp3) is 0.308. The Bertz CT molecular complexity index is 735. The van der Waals surface area contributed by atoms with Crippen LogP contribution in [0.1, 0.15) is 6.99 Å². The van der Waals surface area contributed by atoms with Gasteiger partial charge in [0, 0.05) is 0 Å². The van der Waals surface area contributed by atoms with E-state index in [1.54, 1.807) is 30.3 Å². The Morgan fingerprint density at radius 2 is 2.04 bits per heavy atom. The monoisotopic (exact) mass is 381 g/mol. The van der Waals surface area contributed by atoms with E-state index in [0.717, 1.165) is 11.8 Å². The van der Waals surface area contributed by atoms with E-state index in [1.807, 2.05) is 0 Å². The van der Waals surface area contributed by atoms with Crippen molar-refractivity contribution in [3.05, 3.63) is 35.9 Å². The van der Waals surface area contributed by atoms with Crippen molar-refractivity contribution < 1.29 is 63.2 Å². The van der Waals surface area contributed by atoms with Gasteiger partial charge in [0.2, 0.25) is 6.41 Å². The maximum Gasteiger partial charge on any atom is 1.00 e. The third-order valence-corrected chi connectivity index (χ3v) is 4.15. The summed E-state index contributed by atoms with van der Waals surface area (Å²) in [7, 11) is -3.58. The van der Waals surface area contributed by atoms with Gasteiger partial charge < -0.3 is 6.26 Å². The molecule has 1 aliphatic heterocycles. The van der Waals surface area contributed by atoms with E-state index in [9.17, 15) is 18.0 Å². The van der Waals surface area contributed by atoms with Gasteiger partial charge in [-0.1, -0.05) is 35.5 Å². The predicted octanol–water partition coefficient (Wildman–Crippen LogP) is -3.29. The number of nitrogens with zero attached hydrogens (tertiary/aromatic N) is 3. The Labute approximate surface area is 168 Å². The second-order valence-electron chi connectivity index (χ2n) is 4.71. The van der Waals surface area contributed by atoms with Crippen LogP contribution in [0.5, 0.6) is 0 Å². The maximum atomic E-state index is 12.0. The molecule has 10 nitrogen and oxygen atoms in total. The molecule has 0 radical (unpaired) electrons. The number of rotatable bonds is 8. The first-order valence-electron chi connectivity index (χ1n) is 6.68. The fourth-order valence-corrected chi connectivity index (χ4v) is 2.97. The molecule has 1 fully saturated rings. The largest absolute Gasteiger partial charge is 1.00 e. The quantitative estimate of drug-likeness (QED) is 0.125. The van der Waals surface area contributed by atoms with Crippen molar-refractivity contribution in [2.75, 3.05) is 7.11 Å². The minimum Gasteiger partial charge on any atom is -1.00 e. The molecule has 2 atom stereocenters. The van der Waals surface area contributed by atoms with Crippen LogP contribution in [0.2, 0.25) is 0 Å². The molecule has 12 heteroatoms. The zero-order valence-electron chi connectivity index (χ0n) is 14.5. The number of oxime groups is 1. The third-order valence-electron chi connectivity index (χ3n) is 3.23. The predicted molar refractivity (Wildman–Crippen MR) is 81.7 cm³/mol. The van der Waals surface area contributed by atoms with Crippen LogP contribution in [0, 0.1) is 0 Å². The number of carbonyl (C=O) groups excluding carboxylic acids is 2. The van der Waals surface area contributed by atoms with Crippen molar-refractivity contribution in [2.24, 2.45) is 5.16 Å². The van der Waals surface area contributed by atoms with E-state index in [1.165, 1.54) is 7.11 Å². The maximum absolute atomic E-state index is 12.0. The number of hydrogen-bond acceptors (Lipinski definition) is 7. The third kappa shape index (κ3) is 5.00. The van der Waals surface area contributed by atoms with Crippen LogP contribution in [-0.2, 0) is 36.2 Å². The van der Waals surface area contributed by atoms with E-state index in [4.69, 9.17) is 9.39 Å². The molecule has 0 saturated carbocycles. The summed E-state index contributed by atoms with van der Waals surface area (Å²) in [4.78, 5) is 32.9. The summed E-state index contributed by atoms with van der Waals surface area (Å²) in [5.41, 5.74) is 0.741. The van der Waals surface area contributed by atoms with Gasteiger partial charge in [-0.2, -0.15) is 8.42 Å². The minimum atomic E-state index is -4.80. The summed E-state index contributed by atoms with van der Waals surface area (Å²) in [6, 6.07) is 6.32. The van der Waals surface area contributed by atoms with Crippen LogP contribution in [-0.4, -0.2) is 60.1 Å². The second kappa shape index (κ2) is 9.27. The Morgan fingerprint density at radius 3 is 2.56 bits per heavy atom. The number of β-lactam (4-membered cyclic amide) rings is 1. The minimum absolute atomic E-state index is 0. The summed E-state index contributed by atoms with van der Waals surface area (Å²) in [6.45, 7) is -0.0105. The van der Waals surface area contributed by atoms with Crippen molar-refractivity contribution in [3.63, 3.8) is 0 Å². The van der Waals surface area contributed by atoms with Crippen molar-refractivity contribution >= 4 is 28.8 Å². The van der Waals surface area contributed by atoms with E-state index in [2.05, 4.69) is 9.99 Å². The Balaban J connectivity index is 0.00000312. The van der Waals surface area contributed by atoms with Crippen molar-refractivity contribution in [1.29, 1.82) is 0 Å². The van der Waals surface area contributed by atoms with Gasteiger partial charge in [0.25, 0.3) is 5.91 Å². The molecular weight excluding hydrogens is 365 g/mol. The molecule has 0 aromatic heterocycles. The van der Waals surface area contributed by atoms with Crippen LogP contribution in [0.4, 0.5) is 0 Å². The normalized spacial score (nSPS) is 19.9. The summed E-state index contributed by atoms with van der Waals surface area (Å²) < 4.78 is 31.8. The molecular formula is C13H16N3NaO7S. The van der Waals surface area contributed by atoms with E-state index >= 15 is 0 Å². The molecule has 2 amide bonds. The van der Waals surface area contributed by atoms with E-state index in [0.29, 0.717) is 5.06 Å². The number of benzene rings is 1. The van der Waals surface area contributed by atoms with Gasteiger partial charge >= 0.3 is 39.9 Å². The molecule has 0 unspecified atom stereocenters. The average molecular weight is 381 g/mol. The molecule has 1 aromatic carbocycles. The SMILES string of the molecule is CON=C[C@@H]1[C@H](N(C=O)OCc2ccccc2)C(=O)N1S(=O)(=O)O.[H-].[Na+]. The van der Waals surface area contributed by atoms with Crippen LogP contribution in [0.25, 0.3) is 0 Å². The first-order valence-corrected chi connectivity index (χ1v) is 8.07. The molecule has 0 bridgehead atoms. The molecule has 0 aliphatic carbocycles. The van der Waals surface area contributed by atoms with Crippen LogP contribution in [0.15, 0.2) is 35.5 Å². The zero-order valence-corrected chi connectivity index (χ0v) is 16.4. The topological polar surface area (TPSA) is 126 Å². The van der Waals surface area contributed by atoms with Crippen molar-refractivity contribution in [1.82, 2.24) is 9.37 Å². The van der Waals surface area contributed by atoms with Gasteiger partial charge in [0.05, 0.1) is 6.21 Å². The van der Waals surface area contributed by atoms with E-state index < -0.39 is 28.3 Å². The molecule has 25 heavy (non-hydrogen) atoms. The van der Waals surface area contributed by atoms with Gasteiger partial charge in [-0.25, -0.2) is 9.37 Å². The first-order chi connectivity index (χ1) is 11.4. The Kier molecular flexibility index (Phi) is 7.99. The summed E-state index contributed by atoms with van der Waals surface area (Å²) in [6.07, 6.45) is 1.22. The van der Waals surface area contributed by atoms with Gasteiger partial charge in [-0.15, -0.1) is 0 Å². The van der Waals surface area contributed by atoms with Gasteiger partial charge in [-0.3, -0.25) is 19.0 Å². The zero-order chi connectivity index (χ0) is 17.7. The summed E-state index contributed by atoms with van der Waals surface area (Å²) in [5, 5.41) is 4.07. The molecule has 2 rings (SSSR count). The van der Waals surface area contributed by atoms with Crippen LogP contribution < -0.4 is 29.6 Å². The molecule has 0 spiro atoms. The number of hydroxylamine groups is 2. The Hall–Kier alpha value is -1.50. The van der Waals surface area contributed by atoms with Crippen LogP contribution in [0.3, 0.4) is 0 Å². The molecule has 1 aliphatic rings. The Morgan fingerprint density at radius 1 is 1.40 bits per heavy atom. The molecule has 1 saturated heterocycles. The smallest absolute Gasteiger partial charge is 1.00 e. The summed E-state index contributed by atoms with van der Waals surface area (Å²) in [5.74, 6) is -1.02. The van der Waals surface area contributed by atoms with Gasteiger partial charge in [-0.05, 0) is 5.56 Å². The molecule has 1 aromatic rings. The average Bonchev–Trinajstić information content (AvgIpc) is 2.54. The van der Waals surface area contributed by atoms with Gasteiger partial charge in [0.1, 0.15) is 19.8 Å². The number of carbonyl (C=O) groups is 2.